The third kappa shape index (κ3) is 8.65. The van der Waals surface area contributed by atoms with E-state index in [-0.39, 0.29) is 45.9 Å². The van der Waals surface area contributed by atoms with Crippen molar-refractivity contribution in [3.8, 4) is 11.4 Å². The number of aryl methyl sites for hydroxylation is 2. The summed E-state index contributed by atoms with van der Waals surface area (Å²) in [4.78, 5) is 63.8. The summed E-state index contributed by atoms with van der Waals surface area (Å²) in [5, 5.41) is 13.8. The molecule has 404 valence electrons. The molecule has 0 amide bonds. The van der Waals surface area contributed by atoms with Gasteiger partial charge in [-0.05, 0) is 144 Å². The van der Waals surface area contributed by atoms with Gasteiger partial charge in [-0.15, -0.1) is 0 Å². The number of unbranched alkanes of at least 4 members (excludes halogenated alkanes) is 14. The Morgan fingerprint density at radius 1 is 0.333 bits per heavy atom. The summed E-state index contributed by atoms with van der Waals surface area (Å²) in [6.07, 6.45) is 20.4. The Morgan fingerprint density at radius 3 is 1.24 bits per heavy atom. The van der Waals surface area contributed by atoms with Crippen LogP contribution in [0.2, 0.25) is 0 Å². The second-order valence-corrected chi connectivity index (χ2v) is 24.8. The Balaban J connectivity index is 1.28. The molecule has 0 unspecified atom stereocenters. The Morgan fingerprint density at radius 2 is 0.731 bits per heavy atom. The Bertz CT molecular complexity index is 4150. The molecule has 0 aliphatic carbocycles. The van der Waals surface area contributed by atoms with Crippen molar-refractivity contribution in [2.24, 2.45) is 0 Å². The van der Waals surface area contributed by atoms with Crippen molar-refractivity contribution in [3.63, 3.8) is 0 Å². The lowest BCUT2D eigenvalue weighted by Crippen LogP contribution is -2.34. The van der Waals surface area contributed by atoms with Gasteiger partial charge in [0.2, 0.25) is 0 Å². The van der Waals surface area contributed by atoms with Crippen molar-refractivity contribution < 1.29 is 0 Å². The largest absolute Gasteiger partial charge is 0.268 e. The van der Waals surface area contributed by atoms with E-state index in [9.17, 15) is 0 Å². The summed E-state index contributed by atoms with van der Waals surface area (Å²) in [5.74, 6) is 0.295. The number of aromatic nitrogens is 2. The summed E-state index contributed by atoms with van der Waals surface area (Å²) in [5.41, 5.74) is 6.47. The maximum Gasteiger partial charge on any atom is 0.266 e. The van der Waals surface area contributed by atoms with Crippen LogP contribution in [0.25, 0.3) is 97.6 Å². The van der Waals surface area contributed by atoms with Crippen LogP contribution in [0.5, 0.6) is 0 Å². The Hall–Kier alpha value is -6.40. The van der Waals surface area contributed by atoms with Gasteiger partial charge in [0.15, 0.2) is 0 Å². The molecule has 0 atom stereocenters. The lowest BCUT2D eigenvalue weighted by atomic mass is 9.77. The van der Waals surface area contributed by atoms with Crippen LogP contribution in [-0.2, 0) is 12.8 Å². The molecular formula is C72H82N2O4. The van der Waals surface area contributed by atoms with Gasteiger partial charge in [-0.1, -0.05) is 214 Å². The molecular weight excluding hydrogens is 957 g/mol. The highest BCUT2D eigenvalue weighted by atomic mass is 16.2. The first-order chi connectivity index (χ1) is 37.7. The van der Waals surface area contributed by atoms with E-state index < -0.39 is 0 Å². The van der Waals surface area contributed by atoms with E-state index in [1.807, 2.05) is 0 Å². The Labute approximate surface area is 460 Å². The van der Waals surface area contributed by atoms with Gasteiger partial charge >= 0.3 is 0 Å². The number of pyridine rings is 2. The molecule has 2 heterocycles. The summed E-state index contributed by atoms with van der Waals surface area (Å²) in [6, 6.07) is 25.5. The standard InChI is InChI=1S/C72H82N2O4/c1-11-13-15-17-19-21-23-25-29-45-37-47-39-56-63-64(72(78)74(70(56)76)68-50(43(7)8)33-28-34-51(68)44(9)10)52(30-26-24-22-20-18-16-14-12-2)53-36-35-46-38-55-60-57(40-54(45)62-59(47)66(63)61(53)58(46)65(60)62)71(77)73(69(55)75)67-48(41(3)4)31-27-32-49(67)42(5)6/h27-28,31-44H,11-26,29-30H2,1-10H3. The van der Waals surface area contributed by atoms with Crippen molar-refractivity contribution in [3.05, 3.63) is 148 Å². The number of rotatable bonds is 24. The zero-order chi connectivity index (χ0) is 54.8. The molecule has 6 nitrogen and oxygen atoms in total. The fourth-order valence-corrected chi connectivity index (χ4v) is 14.3. The normalized spacial score (nSPS) is 12.8. The van der Waals surface area contributed by atoms with Crippen LogP contribution in [-0.4, -0.2) is 9.13 Å². The zero-order valence-electron chi connectivity index (χ0n) is 48.5. The second kappa shape index (κ2) is 21.7. The molecule has 9 aromatic carbocycles. The van der Waals surface area contributed by atoms with E-state index in [0.717, 1.165) is 142 Å². The van der Waals surface area contributed by atoms with Gasteiger partial charge < -0.3 is 0 Å². The predicted molar refractivity (Wildman–Crippen MR) is 335 cm³/mol. The lowest BCUT2D eigenvalue weighted by molar-refractivity contribution is 0.576. The van der Waals surface area contributed by atoms with Crippen LogP contribution >= 0.6 is 0 Å². The number of nitrogens with zero attached hydrogens (tertiary/aromatic N) is 2. The van der Waals surface area contributed by atoms with E-state index in [4.69, 9.17) is 0 Å². The van der Waals surface area contributed by atoms with Crippen molar-refractivity contribution in [2.75, 3.05) is 0 Å². The van der Waals surface area contributed by atoms with Crippen molar-refractivity contribution >= 4 is 86.2 Å². The molecule has 0 bridgehead atoms. The van der Waals surface area contributed by atoms with Crippen LogP contribution in [0.15, 0.2) is 92.0 Å². The molecule has 2 aromatic heterocycles. The van der Waals surface area contributed by atoms with Crippen LogP contribution < -0.4 is 22.2 Å². The minimum absolute atomic E-state index is 0.0726. The maximum atomic E-state index is 16.2. The third-order valence-electron chi connectivity index (χ3n) is 18.2. The van der Waals surface area contributed by atoms with Crippen molar-refractivity contribution in [1.29, 1.82) is 0 Å². The van der Waals surface area contributed by atoms with E-state index in [1.54, 1.807) is 4.57 Å². The van der Waals surface area contributed by atoms with Gasteiger partial charge in [-0.25, -0.2) is 9.13 Å². The van der Waals surface area contributed by atoms with Crippen molar-refractivity contribution in [2.45, 2.75) is 208 Å². The quantitative estimate of drug-likeness (QED) is 0.0343. The third-order valence-corrected chi connectivity index (χ3v) is 18.2. The first-order valence-corrected chi connectivity index (χ1v) is 30.5. The topological polar surface area (TPSA) is 78.1 Å². The Kier molecular flexibility index (Phi) is 14.9. The average Bonchev–Trinajstić information content (AvgIpc) is 1.43. The monoisotopic (exact) mass is 1040 g/mol. The highest BCUT2D eigenvalue weighted by Gasteiger charge is 2.33. The summed E-state index contributed by atoms with van der Waals surface area (Å²) < 4.78 is 3.10. The maximum absolute atomic E-state index is 16.2. The molecule has 0 N–H and O–H groups in total. The smallest absolute Gasteiger partial charge is 0.266 e. The first-order valence-electron chi connectivity index (χ1n) is 30.5. The average molecular weight is 1040 g/mol. The van der Waals surface area contributed by atoms with Crippen LogP contribution in [0, 0.1) is 0 Å². The minimum Gasteiger partial charge on any atom is -0.268 e. The molecule has 0 aliphatic heterocycles. The molecule has 0 aliphatic rings. The predicted octanol–water partition coefficient (Wildman–Crippen LogP) is 19.0. The van der Waals surface area contributed by atoms with Gasteiger partial charge in [0, 0.05) is 37.7 Å². The van der Waals surface area contributed by atoms with Crippen molar-refractivity contribution in [1.82, 2.24) is 9.13 Å². The van der Waals surface area contributed by atoms with Gasteiger partial charge in [-0.2, -0.15) is 0 Å². The van der Waals surface area contributed by atoms with E-state index in [1.165, 1.54) is 75.2 Å². The zero-order valence-corrected chi connectivity index (χ0v) is 48.5. The molecule has 0 saturated carbocycles. The molecule has 0 spiro atoms. The van der Waals surface area contributed by atoms with Gasteiger partial charge in [0.1, 0.15) is 0 Å². The summed E-state index contributed by atoms with van der Waals surface area (Å²) >= 11 is 0. The molecule has 0 radical (unpaired) electrons. The summed E-state index contributed by atoms with van der Waals surface area (Å²) in [7, 11) is 0. The number of benzene rings is 9. The highest BCUT2D eigenvalue weighted by molar-refractivity contribution is 6.50. The SMILES string of the molecule is CCCCCCCCCCc1cc2cc3c(=O)n(-c4c(C(C)C)cccc4C(C)C)c(=O)c4c(CCCCCCCCCC)c5ccc6cc7c(=O)n(-c8c(C(C)C)cccc8C(C)C)c(=O)c8cc1c1c2c(c34)c5c6c1c78. The molecule has 6 heteroatoms. The number of hydrogen-bond donors (Lipinski definition) is 0. The highest BCUT2D eigenvalue weighted by Crippen LogP contribution is 2.53. The fraction of sp³-hybridized carbons (Fsp3) is 0.444. The number of para-hydroxylation sites is 2. The molecule has 11 rings (SSSR count). The van der Waals surface area contributed by atoms with E-state index in [0.29, 0.717) is 33.7 Å². The number of hydrogen-bond acceptors (Lipinski definition) is 4. The van der Waals surface area contributed by atoms with Crippen LogP contribution in [0.3, 0.4) is 0 Å². The molecule has 0 fully saturated rings. The summed E-state index contributed by atoms with van der Waals surface area (Å²) in [6.45, 7) is 21.7. The van der Waals surface area contributed by atoms with Gasteiger partial charge in [-0.3, -0.25) is 19.2 Å². The van der Waals surface area contributed by atoms with E-state index >= 15 is 19.2 Å². The van der Waals surface area contributed by atoms with E-state index in [2.05, 4.69) is 142 Å². The molecule has 0 saturated heterocycles. The minimum atomic E-state index is -0.291. The fourth-order valence-electron chi connectivity index (χ4n) is 14.3. The van der Waals surface area contributed by atoms with Gasteiger partial charge in [0.25, 0.3) is 22.2 Å². The second-order valence-electron chi connectivity index (χ2n) is 24.8. The molecule has 11 aromatic rings. The first kappa shape index (κ1) is 53.6. The molecule has 78 heavy (non-hydrogen) atoms. The van der Waals surface area contributed by atoms with Crippen LogP contribution in [0.4, 0.5) is 0 Å². The van der Waals surface area contributed by atoms with Crippen LogP contribution in [0.1, 0.15) is 229 Å². The lowest BCUT2D eigenvalue weighted by Gasteiger charge is -2.27. The van der Waals surface area contributed by atoms with Gasteiger partial charge in [0.05, 0.1) is 16.8 Å².